The van der Waals surface area contributed by atoms with Crippen LogP contribution in [0.3, 0.4) is 0 Å². The van der Waals surface area contributed by atoms with Crippen LogP contribution in [0.1, 0.15) is 44.9 Å². The Morgan fingerprint density at radius 2 is 2.06 bits per heavy atom. The minimum absolute atomic E-state index is 0.0621. The van der Waals surface area contributed by atoms with E-state index in [1.54, 1.807) is 0 Å². The minimum atomic E-state index is 0.0621. The fourth-order valence-electron chi connectivity index (χ4n) is 3.40. The number of rotatable bonds is 4. The van der Waals surface area contributed by atoms with Crippen LogP contribution in [0, 0.1) is 11.3 Å². The van der Waals surface area contributed by atoms with Crippen LogP contribution < -0.4 is 5.73 Å². The predicted octanol–water partition coefficient (Wildman–Crippen LogP) is 1.13. The lowest BCUT2D eigenvalue weighted by Crippen LogP contribution is -2.40. The van der Waals surface area contributed by atoms with Crippen molar-refractivity contribution in [1.29, 1.82) is 0 Å². The highest BCUT2D eigenvalue weighted by Gasteiger charge is 2.35. The van der Waals surface area contributed by atoms with Crippen molar-refractivity contribution in [3.63, 3.8) is 0 Å². The third-order valence-corrected chi connectivity index (χ3v) is 4.77. The molecule has 104 valence electrons. The molecule has 0 aromatic heterocycles. The molecule has 1 saturated heterocycles. The molecule has 4 heteroatoms. The zero-order valence-corrected chi connectivity index (χ0v) is 11.2. The first-order valence-corrected chi connectivity index (χ1v) is 7.28. The van der Waals surface area contributed by atoms with Crippen molar-refractivity contribution in [2.75, 3.05) is 26.2 Å². The smallest absolute Gasteiger partial charge is 0.223 e. The summed E-state index contributed by atoms with van der Waals surface area (Å²) in [5, 5.41) is 9.13. The lowest BCUT2D eigenvalue weighted by molar-refractivity contribution is -0.133. The molecule has 4 nitrogen and oxygen atoms in total. The summed E-state index contributed by atoms with van der Waals surface area (Å²) in [6.07, 6.45) is 7.47. The van der Waals surface area contributed by atoms with E-state index in [0.29, 0.717) is 13.0 Å². The highest BCUT2D eigenvalue weighted by molar-refractivity contribution is 5.77. The van der Waals surface area contributed by atoms with Crippen molar-refractivity contribution >= 4 is 5.91 Å². The van der Waals surface area contributed by atoms with Gasteiger partial charge in [-0.3, -0.25) is 4.79 Å². The number of hydrogen-bond acceptors (Lipinski definition) is 3. The van der Waals surface area contributed by atoms with Gasteiger partial charge in [-0.05, 0) is 31.2 Å². The van der Waals surface area contributed by atoms with Gasteiger partial charge in [0.1, 0.15) is 0 Å². The van der Waals surface area contributed by atoms with E-state index in [2.05, 4.69) is 0 Å². The van der Waals surface area contributed by atoms with Crippen LogP contribution in [0.4, 0.5) is 0 Å². The summed E-state index contributed by atoms with van der Waals surface area (Å²) in [7, 11) is 0. The van der Waals surface area contributed by atoms with Gasteiger partial charge in [-0.25, -0.2) is 0 Å². The topological polar surface area (TPSA) is 66.6 Å². The Kier molecular flexibility index (Phi) is 4.62. The van der Waals surface area contributed by atoms with Gasteiger partial charge in [-0.15, -0.1) is 0 Å². The summed E-state index contributed by atoms with van der Waals surface area (Å²) in [5.41, 5.74) is 5.99. The van der Waals surface area contributed by atoms with E-state index in [1.807, 2.05) is 4.90 Å². The second-order valence-electron chi connectivity index (χ2n) is 6.12. The summed E-state index contributed by atoms with van der Waals surface area (Å²) in [5.74, 6) is 0.535. The number of carbonyl (C=O) groups is 1. The molecule has 0 aromatic carbocycles. The molecule has 18 heavy (non-hydrogen) atoms. The van der Waals surface area contributed by atoms with Gasteiger partial charge < -0.3 is 15.7 Å². The molecular weight excluding hydrogens is 228 g/mol. The predicted molar refractivity (Wildman–Crippen MR) is 71.0 cm³/mol. The van der Waals surface area contributed by atoms with Gasteiger partial charge in [0.15, 0.2) is 0 Å². The Labute approximate surface area is 110 Å². The van der Waals surface area contributed by atoms with Gasteiger partial charge in [0.05, 0.1) is 0 Å². The SMILES string of the molecule is NCC1(CC(=O)N2CCC(CO)C2)CCCCC1. The number of hydrogen-bond donors (Lipinski definition) is 2. The molecule has 0 bridgehead atoms. The van der Waals surface area contributed by atoms with Crippen molar-refractivity contribution < 1.29 is 9.90 Å². The summed E-state index contributed by atoms with van der Waals surface area (Å²) < 4.78 is 0. The number of nitrogens with zero attached hydrogens (tertiary/aromatic N) is 1. The maximum absolute atomic E-state index is 12.3. The molecular formula is C14H26N2O2. The number of nitrogens with two attached hydrogens (primary N) is 1. The Hall–Kier alpha value is -0.610. The molecule has 1 saturated carbocycles. The highest BCUT2D eigenvalue weighted by atomic mass is 16.3. The van der Waals surface area contributed by atoms with E-state index in [0.717, 1.165) is 32.4 Å². The molecule has 0 aromatic rings. The molecule has 1 heterocycles. The average Bonchev–Trinajstić information content (AvgIpc) is 2.88. The first-order valence-electron chi connectivity index (χ1n) is 7.28. The lowest BCUT2D eigenvalue weighted by Gasteiger charge is -2.36. The molecule has 2 fully saturated rings. The van der Waals surface area contributed by atoms with Crippen molar-refractivity contribution in [3.8, 4) is 0 Å². The van der Waals surface area contributed by atoms with Crippen LogP contribution in [0.15, 0.2) is 0 Å². The molecule has 1 aliphatic carbocycles. The first-order chi connectivity index (χ1) is 8.69. The first kappa shape index (κ1) is 13.8. The van der Waals surface area contributed by atoms with E-state index < -0.39 is 0 Å². The summed E-state index contributed by atoms with van der Waals surface area (Å²) in [6.45, 7) is 2.38. The van der Waals surface area contributed by atoms with Crippen LogP contribution in [0.2, 0.25) is 0 Å². The number of aliphatic hydroxyl groups is 1. The van der Waals surface area contributed by atoms with Crippen molar-refractivity contribution in [1.82, 2.24) is 4.90 Å². The normalized spacial score (nSPS) is 27.4. The maximum atomic E-state index is 12.3. The van der Waals surface area contributed by atoms with Crippen LogP contribution >= 0.6 is 0 Å². The van der Waals surface area contributed by atoms with Crippen molar-refractivity contribution in [2.45, 2.75) is 44.9 Å². The standard InChI is InChI=1S/C14H26N2O2/c15-11-14(5-2-1-3-6-14)8-13(18)16-7-4-12(9-16)10-17/h12,17H,1-11,15H2. The average molecular weight is 254 g/mol. The number of aliphatic hydroxyl groups excluding tert-OH is 1. The molecule has 2 rings (SSSR count). The van der Waals surface area contributed by atoms with Gasteiger partial charge in [0.2, 0.25) is 5.91 Å². The second kappa shape index (κ2) is 6.02. The molecule has 1 aliphatic heterocycles. The minimum Gasteiger partial charge on any atom is -0.396 e. The Morgan fingerprint density at radius 3 is 2.61 bits per heavy atom. The summed E-state index contributed by atoms with van der Waals surface area (Å²) in [6, 6.07) is 0. The fourth-order valence-corrected chi connectivity index (χ4v) is 3.40. The van der Waals surface area contributed by atoms with E-state index >= 15 is 0 Å². The third kappa shape index (κ3) is 3.04. The molecule has 0 spiro atoms. The van der Waals surface area contributed by atoms with E-state index in [-0.39, 0.29) is 23.8 Å². The third-order valence-electron chi connectivity index (χ3n) is 4.77. The van der Waals surface area contributed by atoms with Crippen LogP contribution in [-0.2, 0) is 4.79 Å². The Morgan fingerprint density at radius 1 is 1.33 bits per heavy atom. The van der Waals surface area contributed by atoms with E-state index in [9.17, 15) is 4.79 Å². The zero-order chi connectivity index (χ0) is 13.0. The Bertz CT molecular complexity index is 288. The number of amides is 1. The molecule has 1 atom stereocenters. The quantitative estimate of drug-likeness (QED) is 0.790. The van der Waals surface area contributed by atoms with Crippen molar-refractivity contribution in [2.24, 2.45) is 17.1 Å². The van der Waals surface area contributed by atoms with E-state index in [4.69, 9.17) is 10.8 Å². The monoisotopic (exact) mass is 254 g/mol. The van der Waals surface area contributed by atoms with Gasteiger partial charge in [-0.1, -0.05) is 19.3 Å². The summed E-state index contributed by atoms with van der Waals surface area (Å²) >= 11 is 0. The van der Waals surface area contributed by atoms with Gasteiger partial charge in [0.25, 0.3) is 0 Å². The van der Waals surface area contributed by atoms with Crippen LogP contribution in [0.25, 0.3) is 0 Å². The molecule has 1 unspecified atom stereocenters. The zero-order valence-electron chi connectivity index (χ0n) is 11.2. The highest BCUT2D eigenvalue weighted by Crippen LogP contribution is 2.39. The maximum Gasteiger partial charge on any atom is 0.223 e. The lowest BCUT2D eigenvalue weighted by atomic mass is 9.71. The Balaban J connectivity index is 1.89. The largest absolute Gasteiger partial charge is 0.396 e. The van der Waals surface area contributed by atoms with E-state index in [1.165, 1.54) is 19.3 Å². The van der Waals surface area contributed by atoms with Gasteiger partial charge in [-0.2, -0.15) is 0 Å². The fraction of sp³-hybridized carbons (Fsp3) is 0.929. The summed E-state index contributed by atoms with van der Waals surface area (Å²) in [4.78, 5) is 14.3. The number of likely N-dealkylation sites (tertiary alicyclic amines) is 1. The second-order valence-corrected chi connectivity index (χ2v) is 6.12. The van der Waals surface area contributed by atoms with Crippen LogP contribution in [-0.4, -0.2) is 42.2 Å². The van der Waals surface area contributed by atoms with Gasteiger partial charge >= 0.3 is 0 Å². The molecule has 2 aliphatic rings. The van der Waals surface area contributed by atoms with Gasteiger partial charge in [0, 0.05) is 32.0 Å². The molecule has 0 radical (unpaired) electrons. The van der Waals surface area contributed by atoms with Crippen LogP contribution in [0.5, 0.6) is 0 Å². The number of carbonyl (C=O) groups excluding carboxylic acids is 1. The molecule has 3 N–H and O–H groups in total. The molecule has 1 amide bonds. The van der Waals surface area contributed by atoms with Crippen molar-refractivity contribution in [3.05, 3.63) is 0 Å².